The number of hydrogen-bond donors (Lipinski definition) is 3. The second-order valence-corrected chi connectivity index (χ2v) is 26.7. The summed E-state index contributed by atoms with van der Waals surface area (Å²) in [7, 11) is 0. The van der Waals surface area contributed by atoms with Crippen molar-refractivity contribution < 1.29 is 24.5 Å². The monoisotopic (exact) mass is 1190 g/mol. The Kier molecular flexibility index (Phi) is 72.9. The second kappa shape index (κ2) is 74.5. The van der Waals surface area contributed by atoms with Crippen LogP contribution in [0.5, 0.6) is 0 Å². The van der Waals surface area contributed by atoms with E-state index in [1.54, 1.807) is 0 Å². The summed E-state index contributed by atoms with van der Waals surface area (Å²) < 4.78 is 5.51. The summed E-state index contributed by atoms with van der Waals surface area (Å²) >= 11 is 0. The fourth-order valence-electron chi connectivity index (χ4n) is 12.3. The second-order valence-electron chi connectivity index (χ2n) is 26.7. The van der Waals surface area contributed by atoms with Crippen LogP contribution in [0.3, 0.4) is 0 Å². The highest BCUT2D eigenvalue weighted by Gasteiger charge is 2.20. The molecule has 0 bridgehead atoms. The van der Waals surface area contributed by atoms with E-state index in [1.807, 2.05) is 0 Å². The minimum absolute atomic E-state index is 0.0152. The molecule has 0 heterocycles. The summed E-state index contributed by atoms with van der Waals surface area (Å²) in [6.07, 6.45) is 96.7. The first-order valence-corrected chi connectivity index (χ1v) is 38.7. The molecule has 6 nitrogen and oxygen atoms in total. The average Bonchev–Trinajstić information content (AvgIpc) is 3.52. The van der Waals surface area contributed by atoms with Gasteiger partial charge < -0.3 is 20.3 Å². The number of carbonyl (C=O) groups is 2. The van der Waals surface area contributed by atoms with Crippen molar-refractivity contribution in [1.29, 1.82) is 0 Å². The van der Waals surface area contributed by atoms with Crippen molar-refractivity contribution in [1.82, 2.24) is 5.32 Å². The van der Waals surface area contributed by atoms with Gasteiger partial charge in [0.1, 0.15) is 0 Å². The Balaban J connectivity index is 3.30. The number of aliphatic hydroxyl groups excluding tert-OH is 2. The predicted octanol–water partition coefficient (Wildman–Crippen LogP) is 25.4. The fourth-order valence-corrected chi connectivity index (χ4v) is 12.3. The molecule has 2 atom stereocenters. The average molecular weight is 1200 g/mol. The predicted molar refractivity (Wildman–Crippen MR) is 375 cm³/mol. The maximum atomic E-state index is 12.5. The number of nitrogens with one attached hydrogen (secondary N) is 1. The first-order chi connectivity index (χ1) is 42.0. The van der Waals surface area contributed by atoms with Crippen LogP contribution in [0, 0.1) is 0 Å². The van der Waals surface area contributed by atoms with Gasteiger partial charge in [0, 0.05) is 12.8 Å². The molecule has 0 aromatic heterocycles. The third-order valence-electron chi connectivity index (χ3n) is 18.2. The zero-order valence-corrected chi connectivity index (χ0v) is 57.6. The number of aliphatic hydroxyl groups is 2. The van der Waals surface area contributed by atoms with Crippen molar-refractivity contribution in [2.45, 2.75) is 443 Å². The Hall–Kier alpha value is -1.92. The molecule has 0 aromatic rings. The van der Waals surface area contributed by atoms with Crippen molar-refractivity contribution >= 4 is 11.9 Å². The van der Waals surface area contributed by atoms with Gasteiger partial charge in [-0.25, -0.2) is 0 Å². The molecule has 0 fully saturated rings. The molecule has 3 N–H and O–H groups in total. The summed E-state index contributed by atoms with van der Waals surface area (Å²) in [6, 6.07) is -0.537. The molecule has 502 valence electrons. The number of amides is 1. The molecule has 0 aliphatic rings. The van der Waals surface area contributed by atoms with Gasteiger partial charge in [-0.15, -0.1) is 0 Å². The molecule has 0 spiro atoms. The van der Waals surface area contributed by atoms with Gasteiger partial charge in [-0.2, -0.15) is 0 Å². The molecule has 0 aliphatic carbocycles. The number of hydrogen-bond acceptors (Lipinski definition) is 5. The third kappa shape index (κ3) is 71.0. The number of esters is 1. The Morgan fingerprint density at radius 1 is 0.329 bits per heavy atom. The lowest BCUT2D eigenvalue weighted by Gasteiger charge is -2.22. The molecule has 1 amide bonds. The topological polar surface area (TPSA) is 95.9 Å². The molecule has 0 radical (unpaired) electrons. The van der Waals surface area contributed by atoms with Crippen LogP contribution in [-0.4, -0.2) is 47.4 Å². The van der Waals surface area contributed by atoms with E-state index in [0.717, 1.165) is 51.4 Å². The van der Waals surface area contributed by atoms with Crippen molar-refractivity contribution in [2.75, 3.05) is 13.2 Å². The number of unbranched alkanes of at least 4 members (excludes halogenated alkanes) is 56. The summed E-state index contributed by atoms with van der Waals surface area (Å²) in [5, 5.41) is 23.3. The van der Waals surface area contributed by atoms with Crippen LogP contribution in [0.25, 0.3) is 0 Å². The minimum Gasteiger partial charge on any atom is -0.466 e. The highest BCUT2D eigenvalue weighted by atomic mass is 16.5. The van der Waals surface area contributed by atoms with Gasteiger partial charge in [-0.3, -0.25) is 9.59 Å². The third-order valence-corrected chi connectivity index (χ3v) is 18.2. The largest absolute Gasteiger partial charge is 0.466 e. The van der Waals surface area contributed by atoms with Gasteiger partial charge in [0.2, 0.25) is 5.91 Å². The van der Waals surface area contributed by atoms with Gasteiger partial charge in [0.15, 0.2) is 0 Å². The van der Waals surface area contributed by atoms with Gasteiger partial charge in [0.25, 0.3) is 0 Å². The van der Waals surface area contributed by atoms with E-state index < -0.39 is 12.1 Å². The molecule has 6 heteroatoms. The Morgan fingerprint density at radius 3 is 0.929 bits per heavy atom. The number of rotatable bonds is 73. The molecule has 0 saturated carbocycles. The molecule has 0 aliphatic heterocycles. The zero-order chi connectivity index (χ0) is 61.3. The van der Waals surface area contributed by atoms with Gasteiger partial charge in [-0.1, -0.05) is 371 Å². The van der Waals surface area contributed by atoms with Crippen LogP contribution >= 0.6 is 0 Å². The van der Waals surface area contributed by atoms with Crippen LogP contribution < -0.4 is 5.32 Å². The SMILES string of the molecule is CCCCC/C=C\C/C=C\CCCCCCCCCC(=O)OCCCCCCCCCCCCCCCCCCCC/C=C\CCCCCCCCCCCCCCCCCCCC(=O)NC(CO)C(O)CCCCCCCCCCCCCC. The van der Waals surface area contributed by atoms with Crippen LogP contribution in [0.4, 0.5) is 0 Å². The summed E-state index contributed by atoms with van der Waals surface area (Å²) in [4.78, 5) is 24.6. The number of carbonyl (C=O) groups excluding carboxylic acids is 2. The zero-order valence-electron chi connectivity index (χ0n) is 57.6. The number of ether oxygens (including phenoxy) is 1. The van der Waals surface area contributed by atoms with Crippen molar-refractivity contribution in [3.63, 3.8) is 0 Å². The first-order valence-electron chi connectivity index (χ1n) is 38.7. The Labute approximate surface area is 532 Å². The lowest BCUT2D eigenvalue weighted by molar-refractivity contribution is -0.143. The smallest absolute Gasteiger partial charge is 0.305 e. The van der Waals surface area contributed by atoms with E-state index >= 15 is 0 Å². The van der Waals surface area contributed by atoms with E-state index in [0.29, 0.717) is 25.9 Å². The molecular weight excluding hydrogens is 1040 g/mol. The molecule has 2 unspecified atom stereocenters. The normalized spacial score (nSPS) is 12.7. The van der Waals surface area contributed by atoms with Crippen LogP contribution in [0.1, 0.15) is 431 Å². The molecule has 0 rings (SSSR count). The Bertz CT molecular complexity index is 1380. The maximum Gasteiger partial charge on any atom is 0.305 e. The highest BCUT2D eigenvalue weighted by Crippen LogP contribution is 2.19. The van der Waals surface area contributed by atoms with Crippen LogP contribution in [0.2, 0.25) is 0 Å². The Morgan fingerprint density at radius 2 is 0.588 bits per heavy atom. The highest BCUT2D eigenvalue weighted by molar-refractivity contribution is 5.76. The van der Waals surface area contributed by atoms with Crippen LogP contribution in [0.15, 0.2) is 36.5 Å². The van der Waals surface area contributed by atoms with E-state index in [2.05, 4.69) is 55.6 Å². The van der Waals surface area contributed by atoms with Gasteiger partial charge in [0.05, 0.1) is 25.4 Å². The van der Waals surface area contributed by atoms with E-state index in [1.165, 1.54) is 347 Å². The molecule has 0 aromatic carbocycles. The molecule has 85 heavy (non-hydrogen) atoms. The number of allylic oxidation sites excluding steroid dienone is 6. The molecular formula is C79H151NO5. The summed E-state index contributed by atoms with van der Waals surface area (Å²) in [5.41, 5.74) is 0. The summed E-state index contributed by atoms with van der Waals surface area (Å²) in [5.74, 6) is -0.0138. The van der Waals surface area contributed by atoms with E-state index in [4.69, 9.17) is 4.74 Å². The molecule has 0 saturated heterocycles. The van der Waals surface area contributed by atoms with E-state index in [-0.39, 0.29) is 18.5 Å². The van der Waals surface area contributed by atoms with Gasteiger partial charge in [-0.05, 0) is 83.5 Å². The lowest BCUT2D eigenvalue weighted by atomic mass is 10.0. The van der Waals surface area contributed by atoms with Crippen molar-refractivity contribution in [3.05, 3.63) is 36.5 Å². The first kappa shape index (κ1) is 83.1. The quantitative estimate of drug-likeness (QED) is 0.0320. The summed E-state index contributed by atoms with van der Waals surface area (Å²) in [6.45, 7) is 4.95. The van der Waals surface area contributed by atoms with Gasteiger partial charge >= 0.3 is 5.97 Å². The van der Waals surface area contributed by atoms with Crippen LogP contribution in [-0.2, 0) is 14.3 Å². The minimum atomic E-state index is -0.660. The van der Waals surface area contributed by atoms with Crippen molar-refractivity contribution in [2.24, 2.45) is 0 Å². The fraction of sp³-hybridized carbons (Fsp3) is 0.899. The maximum absolute atomic E-state index is 12.5. The van der Waals surface area contributed by atoms with E-state index in [9.17, 15) is 19.8 Å². The lowest BCUT2D eigenvalue weighted by Crippen LogP contribution is -2.45. The standard InChI is InChI=1S/C79H151NO5/c1-3-5-7-9-11-13-15-17-18-42-46-49-53-57-61-65-69-73-79(84)85-74-70-66-62-58-54-50-47-44-41-39-37-35-33-31-29-27-25-23-21-19-20-22-24-26-28-30-32-34-36-38-40-43-45-48-52-56-60-64-68-72-78(83)80-76(75-81)77(82)71-67-63-59-55-51-16-14-12-10-8-6-4-2/h11,13,17-20,76-77,81-82H,3-10,12,14-16,21-75H2,1-2H3,(H,80,83)/b13-11-,18-17-,20-19-. The van der Waals surface area contributed by atoms with Crippen molar-refractivity contribution in [3.8, 4) is 0 Å².